The van der Waals surface area contributed by atoms with Crippen LogP contribution in [0.4, 0.5) is 29.5 Å². The first-order valence-corrected chi connectivity index (χ1v) is 48.7. The Balaban J connectivity index is 0.501. The molecule has 38 heteroatoms. The second-order valence-corrected chi connectivity index (χ2v) is 37.6. The van der Waals surface area contributed by atoms with Crippen molar-refractivity contribution < 1.29 is 100 Å². The number of aryl methyl sites for hydroxylation is 1. The number of piperidine rings is 1. The molecular formula is C101H139N17O21. The molecule has 0 radical (unpaired) electrons. The van der Waals surface area contributed by atoms with E-state index in [4.69, 9.17) is 78.8 Å². The molecule has 2 bridgehead atoms. The van der Waals surface area contributed by atoms with E-state index in [1.54, 1.807) is 53.6 Å². The van der Waals surface area contributed by atoms with Gasteiger partial charge in [0.15, 0.2) is 17.0 Å². The van der Waals surface area contributed by atoms with Gasteiger partial charge in [-0.05, 0) is 160 Å². The van der Waals surface area contributed by atoms with Gasteiger partial charge in [0.1, 0.15) is 59.6 Å². The maximum atomic E-state index is 15.0. The summed E-state index contributed by atoms with van der Waals surface area (Å²) in [6.07, 6.45) is 18.7. The van der Waals surface area contributed by atoms with E-state index in [9.17, 15) is 39.0 Å². The van der Waals surface area contributed by atoms with E-state index in [1.165, 1.54) is 30.1 Å². The number of cyclic esters (lactones) is 1. The summed E-state index contributed by atoms with van der Waals surface area (Å²) in [6, 6.07) is 10.7. The van der Waals surface area contributed by atoms with Gasteiger partial charge in [-0.2, -0.15) is 15.1 Å². The Kier molecular flexibility index (Phi) is 38.0. The zero-order chi connectivity index (χ0) is 99.0. The number of nitrogen functional groups attached to an aromatic ring is 3. The Bertz CT molecular complexity index is 5450. The molecule has 1 saturated carbocycles. The first-order valence-electron chi connectivity index (χ1n) is 48.7. The van der Waals surface area contributed by atoms with Gasteiger partial charge in [0.2, 0.25) is 23.6 Å². The lowest BCUT2D eigenvalue weighted by atomic mass is 9.78. The van der Waals surface area contributed by atoms with Gasteiger partial charge in [-0.3, -0.25) is 28.8 Å². The van der Waals surface area contributed by atoms with Gasteiger partial charge < -0.3 is 109 Å². The number of aromatic nitrogens is 9. The van der Waals surface area contributed by atoms with Crippen molar-refractivity contribution in [2.24, 2.45) is 35.5 Å². The molecule has 16 atom stereocenters. The number of nitrogens with zero attached hydrogens (tertiary/aromatic N) is 13. The van der Waals surface area contributed by atoms with E-state index in [2.05, 4.69) is 52.3 Å². The number of piperazine rings is 1. The number of amides is 3. The fourth-order valence-electron chi connectivity index (χ4n) is 19.5. The summed E-state index contributed by atoms with van der Waals surface area (Å²) in [4.78, 5) is 137. The van der Waals surface area contributed by atoms with E-state index in [0.29, 0.717) is 214 Å². The Hall–Kier alpha value is -11.2. The van der Waals surface area contributed by atoms with Crippen LogP contribution in [-0.2, 0) is 107 Å². The number of carbonyl (C=O) groups excluding carboxylic acids is 7. The molecule has 139 heavy (non-hydrogen) atoms. The van der Waals surface area contributed by atoms with Crippen LogP contribution in [0, 0.1) is 35.5 Å². The topological polar surface area (TPSA) is 486 Å². The molecule has 7 aromatic rings. The molecule has 38 nitrogen and oxygen atoms in total. The minimum Gasteiger partial charge on any atom is -0.460 e. The zero-order valence-electron chi connectivity index (χ0n) is 81.9. The second-order valence-electron chi connectivity index (χ2n) is 37.6. The number of aliphatic hydroxyl groups is 2. The van der Waals surface area contributed by atoms with Crippen LogP contribution >= 0.6 is 0 Å². The Morgan fingerprint density at radius 1 is 0.676 bits per heavy atom. The molecule has 3 saturated heterocycles. The van der Waals surface area contributed by atoms with Crippen molar-refractivity contribution in [1.82, 2.24) is 59.8 Å². The third kappa shape index (κ3) is 27.6. The van der Waals surface area contributed by atoms with E-state index < -0.39 is 108 Å². The molecule has 10 heterocycles. The van der Waals surface area contributed by atoms with Crippen LogP contribution in [0.1, 0.15) is 171 Å². The van der Waals surface area contributed by atoms with Gasteiger partial charge in [0, 0.05) is 142 Å². The van der Waals surface area contributed by atoms with E-state index in [0.717, 1.165) is 27.8 Å². The minimum atomic E-state index is -2.47. The molecule has 5 aliphatic heterocycles. The molecule has 3 amide bonds. The van der Waals surface area contributed by atoms with Crippen LogP contribution < -0.4 is 32.3 Å². The second kappa shape index (κ2) is 50.3. The number of hydrogen-bond donors (Lipinski definition) is 6. The number of benzene rings is 2. The van der Waals surface area contributed by atoms with Crippen molar-refractivity contribution in [3.8, 4) is 11.3 Å². The Morgan fingerprint density at radius 3 is 2.12 bits per heavy atom. The van der Waals surface area contributed by atoms with Crippen LogP contribution in [0.5, 0.6) is 0 Å². The summed E-state index contributed by atoms with van der Waals surface area (Å²) < 4.78 is 73.0. The van der Waals surface area contributed by atoms with E-state index in [-0.39, 0.29) is 98.8 Å². The highest BCUT2D eigenvalue weighted by atomic mass is 16.6. The van der Waals surface area contributed by atoms with Gasteiger partial charge in [0.25, 0.3) is 23.6 Å². The predicted molar refractivity (Wildman–Crippen MR) is 518 cm³/mol. The maximum absolute atomic E-state index is 15.0. The van der Waals surface area contributed by atoms with Gasteiger partial charge in [-0.1, -0.05) is 89.3 Å². The first-order chi connectivity index (χ1) is 67.0. The Morgan fingerprint density at radius 2 is 1.40 bits per heavy atom. The van der Waals surface area contributed by atoms with Gasteiger partial charge >= 0.3 is 11.9 Å². The lowest BCUT2D eigenvalue weighted by Gasteiger charge is -2.43. The molecule has 0 spiro atoms. The van der Waals surface area contributed by atoms with Crippen LogP contribution in [0.25, 0.3) is 33.4 Å². The lowest BCUT2D eigenvalue weighted by Crippen LogP contribution is -2.61. The van der Waals surface area contributed by atoms with E-state index in [1.807, 2.05) is 109 Å². The number of Topliss-reactive ketones (excluding diaryl/α,β-unsaturated/α-hetero) is 2. The first kappa shape index (κ1) is 105. The van der Waals surface area contributed by atoms with Crippen molar-refractivity contribution in [3.63, 3.8) is 0 Å². The molecule has 1 unspecified atom stereocenters. The van der Waals surface area contributed by atoms with Crippen LogP contribution in [-0.4, -0.2) is 294 Å². The number of anilines is 5. The molecule has 4 fully saturated rings. The lowest BCUT2D eigenvalue weighted by molar-refractivity contribution is -0.265. The van der Waals surface area contributed by atoms with Crippen molar-refractivity contribution in [2.75, 3.05) is 154 Å². The number of oxazole rings is 1. The number of fused-ring (bicyclic) bond motifs is 6. The van der Waals surface area contributed by atoms with Crippen LogP contribution in [0.2, 0.25) is 0 Å². The standard InChI is InChI=1S/C101H139N17O21/c1-61-17-13-12-14-18-62(2)80(128-8)53-74-26-20-67(7)101(127,139-74)91(123)96(125)117-33-16-15-19-77(117)97(126)137-82(54-81(129-9)63(3)48-66(6)89(122)90(131-11)88(121)65(5)47-61)64(4)49-68-22-27-79(83(51-68)130-10)136-85(120)29-23-70-55-106-99(107-56-70)114-35-37-115(38-36-114)100-108-57-75(92(102)112-100)95(124)105-32-40-133-42-44-135-46-45-134-43-41-132-39-31-84(119)116-34-30-71-50-69(21-24-73(71)59-116)58-118-94-86(93(103)109-60-110-94)87(113-118)72-25-28-78-76(52-72)111-98(104)138-78/h12-14,17-18,21,24-25,28,48,50,52,55-57,60-61,63-65,67-68,74,77,79-83,89-90,122,127H,15-16,19-20,22-23,26-27,29-47,49,51,53-54,58-59H2,1-11H3,(H2,104,111)(H,105,124)(H2,102,108,112)(H2,103,109,110)/b14-12+,17-13+,62-18+,66-48+/t61-,63-,64-,65-,67-,68+,74+,77+,79-,80+,81?,82+,83-,89-,90+,101-/m1/s1. The predicted octanol–water partition coefficient (Wildman–Crippen LogP) is 9.23. The highest BCUT2D eigenvalue weighted by Gasteiger charge is 2.54. The number of hydrogen-bond acceptors (Lipinski definition) is 34. The van der Waals surface area contributed by atoms with Crippen molar-refractivity contribution in [3.05, 3.63) is 137 Å². The number of ketones is 2. The number of rotatable bonds is 32. The molecule has 9 N–H and O–H groups in total. The summed E-state index contributed by atoms with van der Waals surface area (Å²) in [5.74, 6) is -6.96. The SMILES string of the molecule is COC1C[C@@H]([C@H](C)C[C@@H]2CC[C@@H](OC(=O)CCc3cnc(N4CCN(c5ncc(C(=O)NCCOCCOCCOCCOCCC(=O)N6CCc7cc(Cn8nc(-c9ccc%10oc(N)nc%10c9)c9c(N)ncnc98)ccc7C6)c(N)n5)CC4)nc3)[C@H](OC)C2)OC(=O)[C@@H]2CCCCN2C(=O)C(=O)[C@]2(O)O[C@@H](CC[C@H]2C)C[C@H](OC)/C(C)=C/C=C/C=C/[C@@H](C)C[C@@H](C)C(=O)[C@H](OC)[C@H](O)/C(C)=C/[C@H]1C. The van der Waals surface area contributed by atoms with Crippen molar-refractivity contribution in [2.45, 2.75) is 225 Å². The summed E-state index contributed by atoms with van der Waals surface area (Å²) >= 11 is 0. The fraction of sp³-hybridized carbons (Fsp3) is 0.594. The quantitative estimate of drug-likeness (QED) is 0.00989. The zero-order valence-corrected chi connectivity index (χ0v) is 81.9. The number of esters is 2. The molecule has 5 aromatic heterocycles. The average molecular weight is 1930 g/mol. The van der Waals surface area contributed by atoms with Crippen molar-refractivity contribution in [1.29, 1.82) is 0 Å². The number of methoxy groups -OCH3 is 4. The molecule has 2 aromatic carbocycles. The number of allylic oxidation sites excluding steroid dienone is 5. The molecule has 6 aliphatic rings. The molecule has 13 rings (SSSR count). The third-order valence-electron chi connectivity index (χ3n) is 27.7. The normalized spacial score (nSPS) is 26.8. The number of ether oxygens (including phenoxy) is 11. The molecule has 754 valence electrons. The van der Waals surface area contributed by atoms with Gasteiger partial charge in [-0.25, -0.2) is 34.4 Å². The summed E-state index contributed by atoms with van der Waals surface area (Å²) in [7, 11) is 6.16. The molecule has 1 aliphatic carbocycles. The average Bonchev–Trinajstić information content (AvgIpc) is 1.65. The van der Waals surface area contributed by atoms with Crippen molar-refractivity contribution >= 4 is 92.9 Å². The fourth-order valence-corrected chi connectivity index (χ4v) is 19.5. The highest BCUT2D eigenvalue weighted by Crippen LogP contribution is 2.41. The van der Waals surface area contributed by atoms with E-state index >= 15 is 4.79 Å². The van der Waals surface area contributed by atoms with Gasteiger partial charge in [-0.15, -0.1) is 0 Å². The maximum Gasteiger partial charge on any atom is 0.329 e. The summed E-state index contributed by atoms with van der Waals surface area (Å²) in [5.41, 5.74) is 27.3. The number of carbonyl (C=O) groups is 7. The largest absolute Gasteiger partial charge is 0.460 e. The summed E-state index contributed by atoms with van der Waals surface area (Å²) in [6.45, 7) is 19.7. The smallest absolute Gasteiger partial charge is 0.329 e. The van der Waals surface area contributed by atoms with Crippen LogP contribution in [0.3, 0.4) is 0 Å². The monoisotopic (exact) mass is 1930 g/mol. The van der Waals surface area contributed by atoms with Gasteiger partial charge in [0.05, 0.1) is 101 Å². The minimum absolute atomic E-state index is 0.00128. The van der Waals surface area contributed by atoms with Crippen LogP contribution in [0.15, 0.2) is 113 Å². The number of nitrogens with one attached hydrogen (secondary N) is 1. The summed E-state index contributed by atoms with van der Waals surface area (Å²) in [5, 5.41) is 32.5. The highest BCUT2D eigenvalue weighted by molar-refractivity contribution is 6.39. The molecular weight excluding hydrogens is 1790 g/mol. The Labute approximate surface area is 811 Å². The number of nitrogens with two attached hydrogens (primary N) is 3. The third-order valence-corrected chi connectivity index (χ3v) is 27.7. The number of aliphatic hydroxyl groups excluding tert-OH is 1.